The molecule has 6 heteroatoms. The first-order chi connectivity index (χ1) is 9.79. The number of urea groups is 1. The maximum atomic E-state index is 12.0. The van der Waals surface area contributed by atoms with Gasteiger partial charge in [0.05, 0.1) is 0 Å². The highest BCUT2D eigenvalue weighted by molar-refractivity contribution is 6.30. The van der Waals surface area contributed by atoms with Gasteiger partial charge in [0.1, 0.15) is 6.04 Å². The van der Waals surface area contributed by atoms with Gasteiger partial charge in [-0.3, -0.25) is 0 Å². The van der Waals surface area contributed by atoms with Crippen molar-refractivity contribution in [1.82, 2.24) is 10.2 Å². The molecule has 0 saturated heterocycles. The van der Waals surface area contributed by atoms with Gasteiger partial charge in [-0.1, -0.05) is 37.6 Å². The number of hydrogen-bond donors (Lipinski definition) is 2. The van der Waals surface area contributed by atoms with Crippen LogP contribution in [0.15, 0.2) is 24.3 Å². The molecular weight excluding hydrogens is 292 g/mol. The molecule has 0 spiro atoms. The molecule has 2 amide bonds. The van der Waals surface area contributed by atoms with Crippen molar-refractivity contribution in [3.05, 3.63) is 34.9 Å². The number of carbonyl (C=O) groups is 2. The van der Waals surface area contributed by atoms with E-state index < -0.39 is 18.0 Å². The summed E-state index contributed by atoms with van der Waals surface area (Å²) in [4.78, 5) is 24.6. The SMILES string of the molecule is CC(C)C[C@H](NC(=O)N(C)Cc1cccc(Cl)c1)C(=O)O. The first kappa shape index (κ1) is 17.3. The van der Waals surface area contributed by atoms with Crippen molar-refractivity contribution >= 4 is 23.6 Å². The summed E-state index contributed by atoms with van der Waals surface area (Å²) in [5.41, 5.74) is 0.885. The van der Waals surface area contributed by atoms with E-state index in [0.717, 1.165) is 5.56 Å². The van der Waals surface area contributed by atoms with Gasteiger partial charge in [0, 0.05) is 18.6 Å². The standard InChI is InChI=1S/C15H21ClN2O3/c1-10(2)7-13(14(19)20)17-15(21)18(3)9-11-5-4-6-12(16)8-11/h4-6,8,10,13H,7,9H2,1-3H3,(H,17,21)(H,19,20)/t13-/m0/s1. The lowest BCUT2D eigenvalue weighted by molar-refractivity contribution is -0.139. The molecule has 0 radical (unpaired) electrons. The zero-order valence-corrected chi connectivity index (χ0v) is 13.2. The molecule has 116 valence electrons. The second-order valence-electron chi connectivity index (χ2n) is 5.46. The van der Waals surface area contributed by atoms with Crippen LogP contribution in [-0.2, 0) is 11.3 Å². The van der Waals surface area contributed by atoms with Crippen LogP contribution in [-0.4, -0.2) is 35.1 Å². The third-order valence-electron chi connectivity index (χ3n) is 2.96. The lowest BCUT2D eigenvalue weighted by Crippen LogP contribution is -2.46. The average Bonchev–Trinajstić information content (AvgIpc) is 2.37. The number of carboxylic acid groups (broad SMARTS) is 1. The number of aliphatic carboxylic acids is 1. The molecule has 1 aromatic rings. The molecule has 0 aliphatic carbocycles. The second-order valence-corrected chi connectivity index (χ2v) is 5.89. The molecule has 2 N–H and O–H groups in total. The molecule has 0 saturated carbocycles. The topological polar surface area (TPSA) is 69.6 Å². The van der Waals surface area contributed by atoms with Crippen molar-refractivity contribution in [2.24, 2.45) is 5.92 Å². The van der Waals surface area contributed by atoms with Gasteiger partial charge in [-0.25, -0.2) is 9.59 Å². The van der Waals surface area contributed by atoms with Crippen LogP contribution >= 0.6 is 11.6 Å². The highest BCUT2D eigenvalue weighted by Crippen LogP contribution is 2.12. The highest BCUT2D eigenvalue weighted by Gasteiger charge is 2.22. The predicted molar refractivity (Wildman–Crippen MR) is 82.3 cm³/mol. The molecule has 0 unspecified atom stereocenters. The summed E-state index contributed by atoms with van der Waals surface area (Å²) in [6, 6.07) is 5.91. The monoisotopic (exact) mass is 312 g/mol. The van der Waals surface area contributed by atoms with Crippen molar-refractivity contribution in [2.75, 3.05) is 7.05 Å². The van der Waals surface area contributed by atoms with Gasteiger partial charge >= 0.3 is 12.0 Å². The summed E-state index contributed by atoms with van der Waals surface area (Å²) < 4.78 is 0. The van der Waals surface area contributed by atoms with Crippen LogP contribution in [0.3, 0.4) is 0 Å². The Morgan fingerprint density at radius 2 is 2.05 bits per heavy atom. The molecule has 0 bridgehead atoms. The minimum absolute atomic E-state index is 0.185. The summed E-state index contributed by atoms with van der Waals surface area (Å²) in [6.07, 6.45) is 0.395. The number of nitrogens with zero attached hydrogens (tertiary/aromatic N) is 1. The summed E-state index contributed by atoms with van der Waals surface area (Å²) in [7, 11) is 1.62. The van der Waals surface area contributed by atoms with Crippen LogP contribution in [0.2, 0.25) is 5.02 Å². The van der Waals surface area contributed by atoms with E-state index in [4.69, 9.17) is 16.7 Å². The summed E-state index contributed by atoms with van der Waals surface area (Å²) in [5, 5.41) is 12.3. The smallest absolute Gasteiger partial charge is 0.326 e. The molecule has 0 aliphatic rings. The average molecular weight is 313 g/mol. The minimum Gasteiger partial charge on any atom is -0.480 e. The van der Waals surface area contributed by atoms with E-state index >= 15 is 0 Å². The highest BCUT2D eigenvalue weighted by atomic mass is 35.5. The molecule has 0 aromatic heterocycles. The number of carbonyl (C=O) groups excluding carboxylic acids is 1. The molecule has 21 heavy (non-hydrogen) atoms. The van der Waals surface area contributed by atoms with Gasteiger partial charge < -0.3 is 15.3 Å². The van der Waals surface area contributed by atoms with Crippen LogP contribution in [0.1, 0.15) is 25.8 Å². The normalized spacial score (nSPS) is 12.0. The Labute approximate surface area is 129 Å². The number of nitrogens with one attached hydrogen (secondary N) is 1. The van der Waals surface area contributed by atoms with Crippen molar-refractivity contribution in [1.29, 1.82) is 0 Å². The third kappa shape index (κ3) is 6.04. The van der Waals surface area contributed by atoms with Gasteiger partial charge in [-0.05, 0) is 30.0 Å². The van der Waals surface area contributed by atoms with E-state index in [9.17, 15) is 9.59 Å². The van der Waals surface area contributed by atoms with Crippen LogP contribution < -0.4 is 5.32 Å². The molecule has 0 fully saturated rings. The van der Waals surface area contributed by atoms with Gasteiger partial charge in [0.15, 0.2) is 0 Å². The van der Waals surface area contributed by atoms with E-state index in [1.165, 1.54) is 4.90 Å². The first-order valence-corrected chi connectivity index (χ1v) is 7.16. The Morgan fingerprint density at radius 3 is 2.57 bits per heavy atom. The van der Waals surface area contributed by atoms with Crippen molar-refractivity contribution in [3.63, 3.8) is 0 Å². The summed E-state index contributed by atoms with van der Waals surface area (Å²) >= 11 is 5.89. The van der Waals surface area contributed by atoms with Crippen molar-refractivity contribution < 1.29 is 14.7 Å². The number of carboxylic acids is 1. The second kappa shape index (κ2) is 7.88. The number of amides is 2. The molecule has 1 rings (SSSR count). The minimum atomic E-state index is -1.02. The fourth-order valence-electron chi connectivity index (χ4n) is 1.93. The zero-order chi connectivity index (χ0) is 16.0. The first-order valence-electron chi connectivity index (χ1n) is 6.78. The summed E-state index contributed by atoms with van der Waals surface area (Å²) in [6.45, 7) is 4.19. The van der Waals surface area contributed by atoms with Gasteiger partial charge in [0.25, 0.3) is 0 Å². The van der Waals surface area contributed by atoms with E-state index in [1.54, 1.807) is 19.2 Å². The maximum Gasteiger partial charge on any atom is 0.326 e. The van der Waals surface area contributed by atoms with Gasteiger partial charge in [-0.2, -0.15) is 0 Å². The van der Waals surface area contributed by atoms with E-state index in [0.29, 0.717) is 18.0 Å². The number of halogens is 1. The predicted octanol–water partition coefficient (Wildman–Crippen LogP) is 2.98. The van der Waals surface area contributed by atoms with E-state index in [-0.39, 0.29) is 5.92 Å². The molecule has 1 aromatic carbocycles. The van der Waals surface area contributed by atoms with E-state index in [1.807, 2.05) is 26.0 Å². The zero-order valence-electron chi connectivity index (χ0n) is 12.5. The van der Waals surface area contributed by atoms with E-state index in [2.05, 4.69) is 5.32 Å². The van der Waals surface area contributed by atoms with Crippen LogP contribution in [0.5, 0.6) is 0 Å². The maximum absolute atomic E-state index is 12.0. The Balaban J connectivity index is 2.62. The summed E-state index contributed by atoms with van der Waals surface area (Å²) in [5.74, 6) is -0.835. The number of hydrogen-bond acceptors (Lipinski definition) is 2. The Hall–Kier alpha value is -1.75. The fraction of sp³-hybridized carbons (Fsp3) is 0.467. The van der Waals surface area contributed by atoms with Crippen LogP contribution in [0.4, 0.5) is 4.79 Å². The lowest BCUT2D eigenvalue weighted by atomic mass is 10.0. The van der Waals surface area contributed by atoms with Crippen molar-refractivity contribution in [3.8, 4) is 0 Å². The quantitative estimate of drug-likeness (QED) is 0.848. The number of rotatable bonds is 6. The fourth-order valence-corrected chi connectivity index (χ4v) is 2.15. The lowest BCUT2D eigenvalue weighted by Gasteiger charge is -2.22. The molecular formula is C15H21ClN2O3. The Kier molecular flexibility index (Phi) is 6.49. The molecule has 1 atom stereocenters. The molecule has 5 nitrogen and oxygen atoms in total. The van der Waals surface area contributed by atoms with Gasteiger partial charge in [-0.15, -0.1) is 0 Å². The molecule has 0 aliphatic heterocycles. The largest absolute Gasteiger partial charge is 0.480 e. The Bertz CT molecular complexity index is 505. The van der Waals surface area contributed by atoms with Crippen LogP contribution in [0, 0.1) is 5.92 Å². The third-order valence-corrected chi connectivity index (χ3v) is 3.19. The Morgan fingerprint density at radius 1 is 1.38 bits per heavy atom. The number of benzene rings is 1. The van der Waals surface area contributed by atoms with Crippen molar-refractivity contribution in [2.45, 2.75) is 32.9 Å². The van der Waals surface area contributed by atoms with Gasteiger partial charge in [0.2, 0.25) is 0 Å². The molecule has 0 heterocycles. The van der Waals surface area contributed by atoms with Crippen LogP contribution in [0.25, 0.3) is 0 Å².